The monoisotopic (exact) mass is 402 g/mol. The van der Waals surface area contributed by atoms with Crippen LogP contribution in [-0.4, -0.2) is 36.6 Å². The highest BCUT2D eigenvalue weighted by molar-refractivity contribution is 5.89. The summed E-state index contributed by atoms with van der Waals surface area (Å²) in [4.78, 5) is 20.5. The molecular formula is C24H22N2O4. The zero-order chi connectivity index (χ0) is 21.1. The van der Waals surface area contributed by atoms with Crippen molar-refractivity contribution in [3.05, 3.63) is 66.1 Å². The van der Waals surface area contributed by atoms with Crippen molar-refractivity contribution in [1.82, 2.24) is 9.97 Å². The van der Waals surface area contributed by atoms with Crippen LogP contribution in [0, 0.1) is 0 Å². The van der Waals surface area contributed by atoms with Gasteiger partial charge in [-0.05, 0) is 42.1 Å². The lowest BCUT2D eigenvalue weighted by atomic mass is 10.0. The van der Waals surface area contributed by atoms with E-state index in [1.807, 2.05) is 54.9 Å². The molecule has 4 aromatic rings. The maximum atomic E-state index is 11.3. The van der Waals surface area contributed by atoms with Gasteiger partial charge in [0.1, 0.15) is 17.9 Å². The van der Waals surface area contributed by atoms with Crippen molar-refractivity contribution in [2.75, 3.05) is 20.8 Å². The van der Waals surface area contributed by atoms with Crippen LogP contribution in [0.2, 0.25) is 0 Å². The summed E-state index contributed by atoms with van der Waals surface area (Å²) in [5.74, 6) is 1.91. The number of fused-ring (bicyclic) bond motifs is 2. The smallest absolute Gasteiger partial charge is 0.167 e. The maximum Gasteiger partial charge on any atom is 0.167 e. The van der Waals surface area contributed by atoms with Crippen molar-refractivity contribution in [3.63, 3.8) is 0 Å². The van der Waals surface area contributed by atoms with E-state index < -0.39 is 0 Å². The second-order valence-electron chi connectivity index (χ2n) is 7.02. The molecule has 0 saturated carbocycles. The molecule has 6 heteroatoms. The molecule has 0 bridgehead atoms. The first-order valence-corrected chi connectivity index (χ1v) is 9.58. The number of aromatic nitrogens is 2. The molecule has 2 aromatic carbocycles. The fourth-order valence-electron chi connectivity index (χ4n) is 3.45. The molecule has 0 fully saturated rings. The molecule has 0 radical (unpaired) electrons. The molecule has 0 atom stereocenters. The van der Waals surface area contributed by atoms with Gasteiger partial charge in [0.2, 0.25) is 0 Å². The lowest BCUT2D eigenvalue weighted by molar-refractivity contribution is -0.118. The first kappa shape index (κ1) is 19.6. The van der Waals surface area contributed by atoms with Crippen LogP contribution in [0.1, 0.15) is 18.2 Å². The molecular weight excluding hydrogens is 380 g/mol. The minimum Gasteiger partial charge on any atom is -0.493 e. The fraction of sp³-hybridized carbons (Fsp3) is 0.208. The summed E-state index contributed by atoms with van der Waals surface area (Å²) >= 11 is 0. The van der Waals surface area contributed by atoms with Crippen LogP contribution in [0.15, 0.2) is 54.9 Å². The molecule has 152 valence electrons. The molecule has 0 unspecified atom stereocenters. The molecule has 0 spiro atoms. The van der Waals surface area contributed by atoms with Gasteiger partial charge in [-0.15, -0.1) is 0 Å². The molecule has 0 amide bonds. The lowest BCUT2D eigenvalue weighted by Gasteiger charge is -2.12. The zero-order valence-electron chi connectivity index (χ0n) is 17.1. The van der Waals surface area contributed by atoms with E-state index >= 15 is 0 Å². The zero-order valence-corrected chi connectivity index (χ0v) is 17.1. The first-order valence-electron chi connectivity index (χ1n) is 9.58. The number of benzene rings is 2. The Morgan fingerprint density at radius 1 is 0.933 bits per heavy atom. The Morgan fingerprint density at radius 3 is 2.50 bits per heavy atom. The van der Waals surface area contributed by atoms with E-state index in [0.29, 0.717) is 23.7 Å². The van der Waals surface area contributed by atoms with Gasteiger partial charge >= 0.3 is 0 Å². The molecule has 0 N–H and O–H groups in total. The van der Waals surface area contributed by atoms with Crippen molar-refractivity contribution in [3.8, 4) is 17.2 Å². The van der Waals surface area contributed by atoms with Crippen LogP contribution in [0.4, 0.5) is 0 Å². The van der Waals surface area contributed by atoms with E-state index in [0.717, 1.165) is 32.9 Å². The van der Waals surface area contributed by atoms with Crippen LogP contribution >= 0.6 is 0 Å². The van der Waals surface area contributed by atoms with E-state index in [2.05, 4.69) is 4.98 Å². The second kappa shape index (κ2) is 8.37. The highest BCUT2D eigenvalue weighted by atomic mass is 16.5. The highest BCUT2D eigenvalue weighted by Gasteiger charge is 2.12. The average Bonchev–Trinajstić information content (AvgIpc) is 2.76. The van der Waals surface area contributed by atoms with Gasteiger partial charge in [0, 0.05) is 35.3 Å². The fourth-order valence-corrected chi connectivity index (χ4v) is 3.45. The van der Waals surface area contributed by atoms with Gasteiger partial charge in [0.25, 0.3) is 0 Å². The molecule has 0 saturated heterocycles. The standard InChI is InChI=1S/C24H22N2O4/c1-15(27)14-30-21-6-4-5-16-7-8-19(26-24(16)21)9-17-12-25-13-18-10-22(28-2)23(29-3)11-20(17)18/h4-8,10-13H,9,14H2,1-3H3. The van der Waals surface area contributed by atoms with Gasteiger partial charge in [-0.1, -0.05) is 18.2 Å². The number of ether oxygens (including phenoxy) is 3. The molecule has 4 rings (SSSR count). The number of carbonyl (C=O) groups is 1. The summed E-state index contributed by atoms with van der Waals surface area (Å²) in [5, 5.41) is 2.96. The number of pyridine rings is 2. The maximum absolute atomic E-state index is 11.3. The summed E-state index contributed by atoms with van der Waals surface area (Å²) in [6, 6.07) is 13.6. The summed E-state index contributed by atoms with van der Waals surface area (Å²) in [6.45, 7) is 1.53. The van der Waals surface area contributed by atoms with Crippen LogP contribution < -0.4 is 14.2 Å². The Labute approximate surface area is 174 Å². The quantitative estimate of drug-likeness (QED) is 0.457. The van der Waals surface area contributed by atoms with E-state index in [9.17, 15) is 4.79 Å². The van der Waals surface area contributed by atoms with E-state index in [1.54, 1.807) is 14.2 Å². The van der Waals surface area contributed by atoms with Gasteiger partial charge < -0.3 is 14.2 Å². The van der Waals surface area contributed by atoms with Crippen molar-refractivity contribution in [2.24, 2.45) is 0 Å². The molecule has 0 aliphatic carbocycles. The predicted molar refractivity (Wildman–Crippen MR) is 116 cm³/mol. The topological polar surface area (TPSA) is 70.5 Å². The van der Waals surface area contributed by atoms with Gasteiger partial charge in [-0.3, -0.25) is 9.78 Å². The number of para-hydroxylation sites is 1. The number of methoxy groups -OCH3 is 2. The summed E-state index contributed by atoms with van der Waals surface area (Å²) < 4.78 is 16.5. The number of Topliss-reactive ketones (excluding diaryl/α,β-unsaturated/α-hetero) is 1. The Bertz CT molecular complexity index is 1240. The summed E-state index contributed by atoms with van der Waals surface area (Å²) in [6.07, 6.45) is 4.25. The molecule has 2 heterocycles. The number of ketones is 1. The molecule has 0 aliphatic rings. The van der Waals surface area contributed by atoms with Crippen LogP contribution in [-0.2, 0) is 11.2 Å². The van der Waals surface area contributed by atoms with Crippen molar-refractivity contribution >= 4 is 27.5 Å². The SMILES string of the molecule is COc1cc2cncc(Cc3ccc4cccc(OCC(C)=O)c4n3)c2cc1OC. The number of hydrogen-bond donors (Lipinski definition) is 0. The number of hydrogen-bond acceptors (Lipinski definition) is 6. The second-order valence-corrected chi connectivity index (χ2v) is 7.02. The van der Waals surface area contributed by atoms with E-state index in [1.165, 1.54) is 6.92 Å². The Hall–Kier alpha value is -3.67. The molecule has 30 heavy (non-hydrogen) atoms. The lowest BCUT2D eigenvalue weighted by Crippen LogP contribution is -2.07. The summed E-state index contributed by atoms with van der Waals surface area (Å²) in [5.41, 5.74) is 2.65. The first-order chi connectivity index (χ1) is 14.6. The Balaban J connectivity index is 1.74. The molecule has 6 nitrogen and oxygen atoms in total. The van der Waals surface area contributed by atoms with Crippen molar-refractivity contribution < 1.29 is 19.0 Å². The van der Waals surface area contributed by atoms with Gasteiger partial charge in [0.05, 0.1) is 14.2 Å². The normalized spacial score (nSPS) is 10.9. The largest absolute Gasteiger partial charge is 0.493 e. The van der Waals surface area contributed by atoms with Gasteiger partial charge in [-0.25, -0.2) is 4.98 Å². The Morgan fingerprint density at radius 2 is 1.73 bits per heavy atom. The van der Waals surface area contributed by atoms with Crippen molar-refractivity contribution in [1.29, 1.82) is 0 Å². The van der Waals surface area contributed by atoms with Crippen LogP contribution in [0.25, 0.3) is 21.7 Å². The Kier molecular flexibility index (Phi) is 5.48. The van der Waals surface area contributed by atoms with Crippen LogP contribution in [0.5, 0.6) is 17.2 Å². The van der Waals surface area contributed by atoms with Gasteiger partial charge in [0.15, 0.2) is 17.3 Å². The van der Waals surface area contributed by atoms with E-state index in [-0.39, 0.29) is 12.4 Å². The molecule has 2 aromatic heterocycles. The summed E-state index contributed by atoms with van der Waals surface area (Å²) in [7, 11) is 3.24. The third-order valence-electron chi connectivity index (χ3n) is 4.89. The minimum atomic E-state index is -0.0330. The third kappa shape index (κ3) is 3.89. The number of rotatable bonds is 7. The number of nitrogens with zero attached hydrogens (tertiary/aromatic N) is 2. The minimum absolute atomic E-state index is 0.0277. The number of carbonyl (C=O) groups excluding carboxylic acids is 1. The van der Waals surface area contributed by atoms with E-state index in [4.69, 9.17) is 19.2 Å². The highest BCUT2D eigenvalue weighted by Crippen LogP contribution is 2.34. The average molecular weight is 402 g/mol. The van der Waals surface area contributed by atoms with Gasteiger partial charge in [-0.2, -0.15) is 0 Å². The van der Waals surface area contributed by atoms with Crippen molar-refractivity contribution in [2.45, 2.75) is 13.3 Å². The molecule has 0 aliphatic heterocycles. The van der Waals surface area contributed by atoms with Crippen LogP contribution in [0.3, 0.4) is 0 Å². The third-order valence-corrected chi connectivity index (χ3v) is 4.89. The predicted octanol–water partition coefficient (Wildman–Crippen LogP) is 4.36.